The topological polar surface area (TPSA) is 64.3 Å². The number of hydrogen-bond donors (Lipinski definition) is 2. The first kappa shape index (κ1) is 14.7. The molecule has 0 heterocycles. The van der Waals surface area contributed by atoms with Gasteiger partial charge in [0, 0.05) is 17.4 Å². The van der Waals surface area contributed by atoms with E-state index in [1.165, 1.54) is 19.3 Å². The molecule has 20 heavy (non-hydrogen) atoms. The molecule has 1 aliphatic rings. The number of rotatable bonds is 7. The number of anilines is 2. The molecule has 0 aromatic heterocycles. The average molecular weight is 276 g/mol. The second-order valence-electron chi connectivity index (χ2n) is 5.45. The van der Waals surface area contributed by atoms with Crippen LogP contribution in [0.3, 0.4) is 0 Å². The van der Waals surface area contributed by atoms with Crippen molar-refractivity contribution in [2.75, 3.05) is 17.7 Å². The fourth-order valence-corrected chi connectivity index (χ4v) is 2.35. The van der Waals surface area contributed by atoms with Crippen LogP contribution in [0.1, 0.15) is 49.9 Å². The smallest absolute Gasteiger partial charge is 0.340 e. The van der Waals surface area contributed by atoms with Gasteiger partial charge < -0.3 is 15.8 Å². The van der Waals surface area contributed by atoms with E-state index >= 15 is 0 Å². The standard InChI is InChI=1S/C16H24N2O2/c1-3-12(9-11-5-6-11)18-13-7-8-15(17)14(10-13)16(19)20-4-2/h7-8,10-12,18H,3-6,9,17H2,1-2H3. The largest absolute Gasteiger partial charge is 0.462 e. The molecule has 1 aromatic carbocycles. The third kappa shape index (κ3) is 3.89. The van der Waals surface area contributed by atoms with Gasteiger partial charge >= 0.3 is 5.97 Å². The van der Waals surface area contributed by atoms with Gasteiger partial charge in [-0.15, -0.1) is 0 Å². The molecule has 4 heteroatoms. The van der Waals surface area contributed by atoms with Crippen LogP contribution in [0.4, 0.5) is 11.4 Å². The fourth-order valence-electron chi connectivity index (χ4n) is 2.35. The van der Waals surface area contributed by atoms with Gasteiger partial charge in [-0.05, 0) is 43.9 Å². The van der Waals surface area contributed by atoms with Crippen molar-refractivity contribution in [2.24, 2.45) is 5.92 Å². The van der Waals surface area contributed by atoms with Crippen molar-refractivity contribution < 1.29 is 9.53 Å². The zero-order valence-electron chi connectivity index (χ0n) is 12.3. The Balaban J connectivity index is 2.07. The van der Waals surface area contributed by atoms with E-state index in [1.54, 1.807) is 19.1 Å². The SMILES string of the molecule is CCOC(=O)c1cc(NC(CC)CC2CC2)ccc1N. The molecule has 110 valence electrons. The number of esters is 1. The second-order valence-corrected chi connectivity index (χ2v) is 5.45. The number of nitrogens with two attached hydrogens (primary N) is 1. The Labute approximate surface area is 120 Å². The van der Waals surface area contributed by atoms with Crippen LogP contribution in [0.2, 0.25) is 0 Å². The van der Waals surface area contributed by atoms with Crippen molar-refractivity contribution in [1.29, 1.82) is 0 Å². The quantitative estimate of drug-likeness (QED) is 0.591. The Hall–Kier alpha value is -1.71. The summed E-state index contributed by atoms with van der Waals surface area (Å²) in [6.07, 6.45) is 4.99. The fraction of sp³-hybridized carbons (Fsp3) is 0.562. The van der Waals surface area contributed by atoms with Gasteiger partial charge in [0.15, 0.2) is 0 Å². The molecule has 1 aliphatic carbocycles. The highest BCUT2D eigenvalue weighted by atomic mass is 16.5. The Morgan fingerprint density at radius 1 is 1.45 bits per heavy atom. The lowest BCUT2D eigenvalue weighted by Gasteiger charge is -2.19. The Morgan fingerprint density at radius 3 is 2.80 bits per heavy atom. The van der Waals surface area contributed by atoms with Gasteiger partial charge in [-0.1, -0.05) is 19.8 Å². The predicted octanol–water partition coefficient (Wildman–Crippen LogP) is 3.44. The van der Waals surface area contributed by atoms with Gasteiger partial charge in [0.1, 0.15) is 0 Å². The number of nitrogens with one attached hydrogen (secondary N) is 1. The van der Waals surface area contributed by atoms with Crippen LogP contribution in [-0.4, -0.2) is 18.6 Å². The van der Waals surface area contributed by atoms with Crippen molar-refractivity contribution in [3.63, 3.8) is 0 Å². The number of carbonyl (C=O) groups is 1. The van der Waals surface area contributed by atoms with Crippen LogP contribution in [0.5, 0.6) is 0 Å². The highest BCUT2D eigenvalue weighted by Gasteiger charge is 2.24. The molecule has 0 bridgehead atoms. The summed E-state index contributed by atoms with van der Waals surface area (Å²) in [5, 5.41) is 3.50. The molecule has 3 N–H and O–H groups in total. The molecule has 4 nitrogen and oxygen atoms in total. The van der Waals surface area contributed by atoms with Gasteiger partial charge in [0.2, 0.25) is 0 Å². The molecule has 0 radical (unpaired) electrons. The van der Waals surface area contributed by atoms with E-state index in [-0.39, 0.29) is 5.97 Å². The summed E-state index contributed by atoms with van der Waals surface area (Å²) in [4.78, 5) is 11.8. The van der Waals surface area contributed by atoms with Gasteiger partial charge in [0.25, 0.3) is 0 Å². The summed E-state index contributed by atoms with van der Waals surface area (Å²) in [6, 6.07) is 5.94. The van der Waals surface area contributed by atoms with E-state index in [4.69, 9.17) is 10.5 Å². The molecule has 1 saturated carbocycles. The minimum atomic E-state index is -0.358. The first-order valence-corrected chi connectivity index (χ1v) is 7.47. The zero-order valence-corrected chi connectivity index (χ0v) is 12.3. The lowest BCUT2D eigenvalue weighted by atomic mass is 10.1. The lowest BCUT2D eigenvalue weighted by Crippen LogP contribution is -2.19. The summed E-state index contributed by atoms with van der Waals surface area (Å²) in [7, 11) is 0. The van der Waals surface area contributed by atoms with E-state index in [2.05, 4.69) is 12.2 Å². The number of ether oxygens (including phenoxy) is 1. The van der Waals surface area contributed by atoms with Crippen molar-refractivity contribution in [3.05, 3.63) is 23.8 Å². The zero-order chi connectivity index (χ0) is 14.5. The maximum atomic E-state index is 11.8. The van der Waals surface area contributed by atoms with E-state index in [1.807, 2.05) is 6.07 Å². The minimum Gasteiger partial charge on any atom is -0.462 e. The first-order valence-electron chi connectivity index (χ1n) is 7.47. The Kier molecular flexibility index (Phi) is 4.88. The molecular formula is C16H24N2O2. The third-order valence-corrected chi connectivity index (χ3v) is 3.73. The van der Waals surface area contributed by atoms with E-state index in [0.29, 0.717) is 23.9 Å². The summed E-state index contributed by atoms with van der Waals surface area (Å²) in [5.74, 6) is 0.523. The van der Waals surface area contributed by atoms with Gasteiger partial charge in [0.05, 0.1) is 12.2 Å². The highest BCUT2D eigenvalue weighted by molar-refractivity contribution is 5.96. The molecule has 2 rings (SSSR count). The average Bonchev–Trinajstić information content (AvgIpc) is 3.24. The molecule has 1 unspecified atom stereocenters. The molecule has 1 atom stereocenters. The monoisotopic (exact) mass is 276 g/mol. The number of nitrogen functional groups attached to an aromatic ring is 1. The Bertz CT molecular complexity index is 470. The van der Waals surface area contributed by atoms with Crippen molar-refractivity contribution in [3.8, 4) is 0 Å². The van der Waals surface area contributed by atoms with Gasteiger partial charge in [-0.3, -0.25) is 0 Å². The summed E-state index contributed by atoms with van der Waals surface area (Å²) in [6.45, 7) is 4.33. The minimum absolute atomic E-state index is 0.356. The van der Waals surface area contributed by atoms with Crippen LogP contribution in [0.15, 0.2) is 18.2 Å². The summed E-state index contributed by atoms with van der Waals surface area (Å²) in [5.41, 5.74) is 7.69. The van der Waals surface area contributed by atoms with Gasteiger partial charge in [-0.25, -0.2) is 4.79 Å². The van der Waals surface area contributed by atoms with Crippen LogP contribution in [-0.2, 0) is 4.74 Å². The molecule has 0 spiro atoms. The maximum Gasteiger partial charge on any atom is 0.340 e. The molecule has 0 saturated heterocycles. The van der Waals surface area contributed by atoms with Gasteiger partial charge in [-0.2, -0.15) is 0 Å². The van der Waals surface area contributed by atoms with Crippen LogP contribution >= 0.6 is 0 Å². The number of carbonyl (C=O) groups excluding carboxylic acids is 1. The molecule has 0 aliphatic heterocycles. The Morgan fingerprint density at radius 2 is 2.20 bits per heavy atom. The van der Waals surface area contributed by atoms with Crippen molar-refractivity contribution in [1.82, 2.24) is 0 Å². The van der Waals surface area contributed by atoms with Crippen LogP contribution < -0.4 is 11.1 Å². The lowest BCUT2D eigenvalue weighted by molar-refractivity contribution is 0.0527. The van der Waals surface area contributed by atoms with E-state index in [9.17, 15) is 4.79 Å². The normalized spacial score (nSPS) is 15.7. The first-order chi connectivity index (χ1) is 9.63. The molecule has 1 fully saturated rings. The van der Waals surface area contributed by atoms with Crippen molar-refractivity contribution >= 4 is 17.3 Å². The maximum absolute atomic E-state index is 11.8. The number of hydrogen-bond acceptors (Lipinski definition) is 4. The third-order valence-electron chi connectivity index (χ3n) is 3.73. The highest BCUT2D eigenvalue weighted by Crippen LogP contribution is 2.35. The summed E-state index contributed by atoms with van der Waals surface area (Å²) < 4.78 is 5.02. The molecule has 0 amide bonds. The predicted molar refractivity (Wildman–Crippen MR) is 81.9 cm³/mol. The molecular weight excluding hydrogens is 252 g/mol. The van der Waals surface area contributed by atoms with E-state index in [0.717, 1.165) is 18.0 Å². The summed E-state index contributed by atoms with van der Waals surface area (Å²) >= 11 is 0. The number of benzene rings is 1. The van der Waals surface area contributed by atoms with Crippen LogP contribution in [0, 0.1) is 5.92 Å². The van der Waals surface area contributed by atoms with Crippen LogP contribution in [0.25, 0.3) is 0 Å². The second kappa shape index (κ2) is 6.64. The molecule has 1 aromatic rings. The van der Waals surface area contributed by atoms with E-state index < -0.39 is 0 Å². The van der Waals surface area contributed by atoms with Crippen molar-refractivity contribution in [2.45, 2.75) is 45.6 Å².